The minimum Gasteiger partial charge on any atom is -0.342 e. The van der Waals surface area contributed by atoms with Crippen LogP contribution in [-0.4, -0.2) is 27.4 Å². The van der Waals surface area contributed by atoms with Gasteiger partial charge < -0.3 is 4.98 Å². The monoisotopic (exact) mass is 425 g/mol. The van der Waals surface area contributed by atoms with Crippen LogP contribution in [0.1, 0.15) is 42.4 Å². The summed E-state index contributed by atoms with van der Waals surface area (Å²) in [6.07, 6.45) is 1.11. The van der Waals surface area contributed by atoms with Gasteiger partial charge in [-0.25, -0.2) is 4.98 Å². The lowest BCUT2D eigenvalue weighted by Gasteiger charge is -2.44. The SMILES string of the molecule is C[C@@H]1C(=O)CC(c2ccccc2)N(OCCc2nc3ccccc3[nH]2)C1c1ccccc1. The number of fused-ring (bicyclic) bond motifs is 1. The maximum absolute atomic E-state index is 13.0. The summed E-state index contributed by atoms with van der Waals surface area (Å²) in [5.41, 5.74) is 4.18. The average molecular weight is 426 g/mol. The van der Waals surface area contributed by atoms with Gasteiger partial charge in [0.05, 0.1) is 29.7 Å². The third kappa shape index (κ3) is 4.09. The molecule has 4 aromatic rings. The highest BCUT2D eigenvalue weighted by Gasteiger charge is 2.42. The Morgan fingerprint density at radius 3 is 2.31 bits per heavy atom. The maximum atomic E-state index is 13.0. The van der Waals surface area contributed by atoms with E-state index in [0.717, 1.165) is 28.0 Å². The summed E-state index contributed by atoms with van der Waals surface area (Å²) in [5.74, 6) is 1.02. The standard InChI is InChI=1S/C27H27N3O2/c1-19-25(31)18-24(20-10-4-2-5-11-20)30(27(19)21-12-6-3-7-13-21)32-17-16-26-28-22-14-8-9-15-23(22)29-26/h2-15,19,24,27H,16-18H2,1H3,(H,28,29)/t19-,24?,27?/m1/s1. The van der Waals surface area contributed by atoms with E-state index in [1.54, 1.807) is 0 Å². The Morgan fingerprint density at radius 2 is 1.59 bits per heavy atom. The number of carbonyl (C=O) groups is 1. The quantitative estimate of drug-likeness (QED) is 0.447. The van der Waals surface area contributed by atoms with Gasteiger partial charge in [0, 0.05) is 18.8 Å². The van der Waals surface area contributed by atoms with E-state index in [2.05, 4.69) is 39.3 Å². The van der Waals surface area contributed by atoms with Crippen LogP contribution < -0.4 is 0 Å². The molecular formula is C27H27N3O2. The second-order valence-corrected chi connectivity index (χ2v) is 8.38. The lowest BCUT2D eigenvalue weighted by molar-refractivity contribution is -0.237. The summed E-state index contributed by atoms with van der Waals surface area (Å²) in [6.45, 7) is 2.49. The number of nitrogens with one attached hydrogen (secondary N) is 1. The molecule has 0 spiro atoms. The Bertz CT molecular complexity index is 1160. The third-order valence-electron chi connectivity index (χ3n) is 6.30. The number of hydroxylamine groups is 2. The van der Waals surface area contributed by atoms with Crippen LogP contribution in [-0.2, 0) is 16.1 Å². The van der Waals surface area contributed by atoms with Gasteiger partial charge in [-0.15, -0.1) is 0 Å². The number of rotatable bonds is 6. The highest BCUT2D eigenvalue weighted by atomic mass is 16.7. The number of carbonyl (C=O) groups excluding carboxylic acids is 1. The molecule has 1 fully saturated rings. The number of aromatic amines is 1. The van der Waals surface area contributed by atoms with E-state index < -0.39 is 0 Å². The summed E-state index contributed by atoms with van der Waals surface area (Å²) >= 11 is 0. The van der Waals surface area contributed by atoms with Gasteiger partial charge in [0.2, 0.25) is 0 Å². The number of H-pyrrole nitrogens is 1. The zero-order valence-electron chi connectivity index (χ0n) is 18.1. The van der Waals surface area contributed by atoms with E-state index >= 15 is 0 Å². The van der Waals surface area contributed by atoms with E-state index in [0.29, 0.717) is 19.4 Å². The third-order valence-corrected chi connectivity index (χ3v) is 6.30. The van der Waals surface area contributed by atoms with Gasteiger partial charge in [0.25, 0.3) is 0 Å². The minimum atomic E-state index is -0.149. The molecule has 0 aliphatic carbocycles. The number of hydrogen-bond acceptors (Lipinski definition) is 4. The van der Waals surface area contributed by atoms with Crippen LogP contribution in [0.4, 0.5) is 0 Å². The predicted molar refractivity (Wildman–Crippen MR) is 125 cm³/mol. The molecule has 3 atom stereocenters. The second-order valence-electron chi connectivity index (χ2n) is 8.38. The Hall–Kier alpha value is -3.28. The average Bonchev–Trinajstić information content (AvgIpc) is 3.25. The van der Waals surface area contributed by atoms with Crippen LogP contribution >= 0.6 is 0 Å². The summed E-state index contributed by atoms with van der Waals surface area (Å²) in [7, 11) is 0. The topological polar surface area (TPSA) is 58.2 Å². The molecule has 5 heteroatoms. The zero-order valence-corrected chi connectivity index (χ0v) is 18.1. The molecular weight excluding hydrogens is 398 g/mol. The molecule has 3 aromatic carbocycles. The molecule has 1 N–H and O–H groups in total. The van der Waals surface area contributed by atoms with Crippen molar-refractivity contribution in [3.05, 3.63) is 102 Å². The zero-order chi connectivity index (χ0) is 21.9. The number of benzene rings is 3. The van der Waals surface area contributed by atoms with Crippen LogP contribution in [0.3, 0.4) is 0 Å². The van der Waals surface area contributed by atoms with Crippen molar-refractivity contribution in [1.29, 1.82) is 0 Å². The van der Waals surface area contributed by atoms with Crippen LogP contribution in [0.2, 0.25) is 0 Å². The molecule has 1 aliphatic rings. The van der Waals surface area contributed by atoms with Gasteiger partial charge in [-0.3, -0.25) is 9.63 Å². The van der Waals surface area contributed by atoms with Gasteiger partial charge in [-0.1, -0.05) is 79.7 Å². The first-order valence-electron chi connectivity index (χ1n) is 11.2. The van der Waals surface area contributed by atoms with Crippen molar-refractivity contribution in [1.82, 2.24) is 15.0 Å². The number of piperidine rings is 1. The summed E-state index contributed by atoms with van der Waals surface area (Å²) in [4.78, 5) is 27.5. The highest BCUT2D eigenvalue weighted by Crippen LogP contribution is 2.43. The molecule has 0 saturated carbocycles. The molecule has 5 nitrogen and oxygen atoms in total. The number of imidazole rings is 1. The number of aromatic nitrogens is 2. The molecule has 1 aromatic heterocycles. The van der Waals surface area contributed by atoms with E-state index in [9.17, 15) is 4.79 Å². The fourth-order valence-corrected chi connectivity index (χ4v) is 4.62. The summed E-state index contributed by atoms with van der Waals surface area (Å²) in [6, 6.07) is 28.1. The first kappa shape index (κ1) is 20.6. The van der Waals surface area contributed by atoms with E-state index in [-0.39, 0.29) is 23.8 Å². The summed E-state index contributed by atoms with van der Waals surface area (Å²) in [5, 5.41) is 2.05. The molecule has 2 unspecified atom stereocenters. The van der Waals surface area contributed by atoms with Crippen molar-refractivity contribution in [2.45, 2.75) is 31.8 Å². The van der Waals surface area contributed by atoms with E-state index in [4.69, 9.17) is 4.84 Å². The normalized spacial score (nSPS) is 21.8. The van der Waals surface area contributed by atoms with Crippen LogP contribution in [0.5, 0.6) is 0 Å². The first-order valence-corrected chi connectivity index (χ1v) is 11.2. The molecule has 0 radical (unpaired) electrons. The lowest BCUT2D eigenvalue weighted by atomic mass is 9.81. The van der Waals surface area contributed by atoms with Crippen molar-refractivity contribution in [3.63, 3.8) is 0 Å². The molecule has 0 amide bonds. The molecule has 1 aliphatic heterocycles. The van der Waals surface area contributed by atoms with Crippen LogP contribution in [0.25, 0.3) is 11.0 Å². The molecule has 32 heavy (non-hydrogen) atoms. The molecule has 2 heterocycles. The van der Waals surface area contributed by atoms with Crippen molar-refractivity contribution in [3.8, 4) is 0 Å². The maximum Gasteiger partial charge on any atom is 0.139 e. The Labute approximate surface area is 188 Å². The summed E-state index contributed by atoms with van der Waals surface area (Å²) < 4.78 is 0. The number of Topliss-reactive ketones (excluding diaryl/α,β-unsaturated/α-hetero) is 1. The van der Waals surface area contributed by atoms with Gasteiger partial charge in [-0.2, -0.15) is 5.06 Å². The molecule has 0 bridgehead atoms. The van der Waals surface area contributed by atoms with Crippen molar-refractivity contribution in [2.24, 2.45) is 5.92 Å². The van der Waals surface area contributed by atoms with Gasteiger partial charge in [0.15, 0.2) is 0 Å². The van der Waals surface area contributed by atoms with E-state index in [1.165, 1.54) is 0 Å². The minimum absolute atomic E-state index is 0.124. The van der Waals surface area contributed by atoms with Crippen molar-refractivity contribution >= 4 is 16.8 Å². The number of ketones is 1. The van der Waals surface area contributed by atoms with Crippen molar-refractivity contribution in [2.75, 3.05) is 6.61 Å². The first-order chi connectivity index (χ1) is 15.7. The number of para-hydroxylation sites is 2. The van der Waals surface area contributed by atoms with Crippen LogP contribution in [0.15, 0.2) is 84.9 Å². The van der Waals surface area contributed by atoms with Gasteiger partial charge in [-0.05, 0) is 23.3 Å². The Kier molecular flexibility index (Phi) is 5.84. The Balaban J connectivity index is 1.42. The van der Waals surface area contributed by atoms with E-state index in [1.807, 2.05) is 67.6 Å². The fraction of sp³-hybridized carbons (Fsp3) is 0.259. The predicted octanol–water partition coefficient (Wildman–Crippen LogP) is 5.43. The number of hydrogen-bond donors (Lipinski definition) is 1. The van der Waals surface area contributed by atoms with Crippen LogP contribution in [0, 0.1) is 5.92 Å². The number of nitrogens with zero attached hydrogens (tertiary/aromatic N) is 2. The smallest absolute Gasteiger partial charge is 0.139 e. The highest BCUT2D eigenvalue weighted by molar-refractivity contribution is 5.83. The Morgan fingerprint density at radius 1 is 0.938 bits per heavy atom. The molecule has 162 valence electrons. The second kappa shape index (κ2) is 9.07. The van der Waals surface area contributed by atoms with Gasteiger partial charge in [0.1, 0.15) is 11.6 Å². The molecule has 1 saturated heterocycles. The van der Waals surface area contributed by atoms with Crippen molar-refractivity contribution < 1.29 is 9.63 Å². The van der Waals surface area contributed by atoms with Gasteiger partial charge >= 0.3 is 0 Å². The fourth-order valence-electron chi connectivity index (χ4n) is 4.62. The lowest BCUT2D eigenvalue weighted by Crippen LogP contribution is -2.45. The largest absolute Gasteiger partial charge is 0.342 e. The molecule has 5 rings (SSSR count).